The zero-order chi connectivity index (χ0) is 14.5. The van der Waals surface area contributed by atoms with E-state index in [9.17, 15) is 0 Å². The molecule has 0 saturated carbocycles. The number of hydrogen-bond donors (Lipinski definition) is 1. The minimum Gasteiger partial charge on any atom is -0.319 e. The van der Waals surface area contributed by atoms with Crippen LogP contribution in [0.5, 0.6) is 0 Å². The maximum atomic E-state index is 4.44. The summed E-state index contributed by atoms with van der Waals surface area (Å²) in [5.74, 6) is 0.594. The molecule has 20 heavy (non-hydrogen) atoms. The van der Waals surface area contributed by atoms with E-state index in [1.807, 2.05) is 18.8 Å². The highest BCUT2D eigenvalue weighted by molar-refractivity contribution is 5.23. The molecule has 0 fully saturated rings. The van der Waals surface area contributed by atoms with Crippen LogP contribution in [0.15, 0.2) is 30.3 Å². The van der Waals surface area contributed by atoms with Gasteiger partial charge in [0.05, 0.1) is 5.69 Å². The Morgan fingerprint density at radius 3 is 2.60 bits per heavy atom. The Balaban J connectivity index is 2.09. The molecule has 0 amide bonds. The molecule has 1 heterocycles. The molecule has 3 nitrogen and oxygen atoms in total. The largest absolute Gasteiger partial charge is 0.319 e. The first kappa shape index (κ1) is 14.8. The maximum Gasteiger partial charge on any atom is 0.0596 e. The smallest absolute Gasteiger partial charge is 0.0596 e. The second kappa shape index (κ2) is 6.71. The van der Waals surface area contributed by atoms with Gasteiger partial charge in [-0.1, -0.05) is 29.8 Å². The van der Waals surface area contributed by atoms with E-state index >= 15 is 0 Å². The molecule has 2 rings (SSSR count). The van der Waals surface area contributed by atoms with Gasteiger partial charge in [-0.25, -0.2) is 0 Å². The monoisotopic (exact) mass is 271 g/mol. The van der Waals surface area contributed by atoms with Crippen LogP contribution in [0, 0.1) is 19.8 Å². The van der Waals surface area contributed by atoms with E-state index in [-0.39, 0.29) is 0 Å². The third kappa shape index (κ3) is 3.94. The lowest BCUT2D eigenvalue weighted by molar-refractivity contribution is 0.477. The second-order valence-corrected chi connectivity index (χ2v) is 5.72. The zero-order valence-electron chi connectivity index (χ0n) is 13.0. The van der Waals surface area contributed by atoms with Crippen molar-refractivity contribution in [1.29, 1.82) is 0 Å². The van der Waals surface area contributed by atoms with Crippen LogP contribution in [0.25, 0.3) is 0 Å². The summed E-state index contributed by atoms with van der Waals surface area (Å²) in [5, 5.41) is 7.76. The van der Waals surface area contributed by atoms with Crippen molar-refractivity contribution in [3.05, 3.63) is 52.8 Å². The number of nitrogens with one attached hydrogen (secondary N) is 1. The van der Waals surface area contributed by atoms with E-state index in [0.717, 1.165) is 25.1 Å². The SMILES string of the molecule is CNCC(Cc1cccc(C)c1)Cc1cc(C)nn1C. The van der Waals surface area contributed by atoms with Crippen LogP contribution in [0.1, 0.15) is 22.5 Å². The summed E-state index contributed by atoms with van der Waals surface area (Å²) in [6.45, 7) is 5.23. The van der Waals surface area contributed by atoms with Gasteiger partial charge in [-0.15, -0.1) is 0 Å². The van der Waals surface area contributed by atoms with Crippen molar-refractivity contribution in [2.45, 2.75) is 26.7 Å². The lowest BCUT2D eigenvalue weighted by Gasteiger charge is -2.17. The lowest BCUT2D eigenvalue weighted by atomic mass is 9.94. The fraction of sp³-hybridized carbons (Fsp3) is 0.471. The number of hydrogen-bond acceptors (Lipinski definition) is 2. The quantitative estimate of drug-likeness (QED) is 0.875. The highest BCUT2D eigenvalue weighted by atomic mass is 15.3. The van der Waals surface area contributed by atoms with Gasteiger partial charge in [-0.3, -0.25) is 4.68 Å². The third-order valence-electron chi connectivity index (χ3n) is 3.70. The summed E-state index contributed by atoms with van der Waals surface area (Å²) < 4.78 is 2.01. The molecule has 108 valence electrons. The van der Waals surface area contributed by atoms with Gasteiger partial charge < -0.3 is 5.32 Å². The van der Waals surface area contributed by atoms with Gasteiger partial charge in [0.25, 0.3) is 0 Å². The average molecular weight is 271 g/mol. The second-order valence-electron chi connectivity index (χ2n) is 5.72. The Morgan fingerprint density at radius 2 is 2.00 bits per heavy atom. The molecule has 1 N–H and O–H groups in total. The molecule has 1 aromatic carbocycles. The van der Waals surface area contributed by atoms with Crippen molar-refractivity contribution in [1.82, 2.24) is 15.1 Å². The lowest BCUT2D eigenvalue weighted by Crippen LogP contribution is -2.23. The highest BCUT2D eigenvalue weighted by Crippen LogP contribution is 2.16. The first-order valence-corrected chi connectivity index (χ1v) is 7.28. The first-order valence-electron chi connectivity index (χ1n) is 7.28. The van der Waals surface area contributed by atoms with Crippen molar-refractivity contribution >= 4 is 0 Å². The molecule has 1 aromatic heterocycles. The van der Waals surface area contributed by atoms with E-state index in [1.54, 1.807) is 0 Å². The van der Waals surface area contributed by atoms with Crippen LogP contribution in [-0.4, -0.2) is 23.4 Å². The molecule has 0 spiro atoms. The Bertz CT molecular complexity index is 557. The van der Waals surface area contributed by atoms with Crippen LogP contribution in [0.3, 0.4) is 0 Å². The molecule has 0 saturated heterocycles. The summed E-state index contributed by atoms with van der Waals surface area (Å²) in [6.07, 6.45) is 2.17. The molecular formula is C17H25N3. The Morgan fingerprint density at radius 1 is 1.20 bits per heavy atom. The first-order chi connectivity index (χ1) is 9.58. The van der Waals surface area contributed by atoms with Gasteiger partial charge in [0, 0.05) is 12.7 Å². The molecule has 0 aliphatic rings. The number of rotatable bonds is 6. The van der Waals surface area contributed by atoms with Gasteiger partial charge in [-0.2, -0.15) is 5.10 Å². The maximum absolute atomic E-state index is 4.44. The Hall–Kier alpha value is -1.61. The fourth-order valence-corrected chi connectivity index (χ4v) is 2.83. The van der Waals surface area contributed by atoms with E-state index < -0.39 is 0 Å². The van der Waals surface area contributed by atoms with Crippen molar-refractivity contribution in [3.63, 3.8) is 0 Å². The van der Waals surface area contributed by atoms with E-state index in [2.05, 4.69) is 54.6 Å². The van der Waals surface area contributed by atoms with Gasteiger partial charge in [0.1, 0.15) is 0 Å². The zero-order valence-corrected chi connectivity index (χ0v) is 13.0. The third-order valence-corrected chi connectivity index (χ3v) is 3.70. The van der Waals surface area contributed by atoms with Crippen LogP contribution in [-0.2, 0) is 19.9 Å². The minimum atomic E-state index is 0.594. The van der Waals surface area contributed by atoms with Gasteiger partial charge >= 0.3 is 0 Å². The topological polar surface area (TPSA) is 29.9 Å². The molecule has 0 aliphatic carbocycles. The predicted molar refractivity (Wildman–Crippen MR) is 83.9 cm³/mol. The molecule has 2 aromatic rings. The molecular weight excluding hydrogens is 246 g/mol. The number of aromatic nitrogens is 2. The van der Waals surface area contributed by atoms with Crippen molar-refractivity contribution in [3.8, 4) is 0 Å². The van der Waals surface area contributed by atoms with E-state index in [0.29, 0.717) is 5.92 Å². The summed E-state index contributed by atoms with van der Waals surface area (Å²) in [6, 6.07) is 11.0. The number of benzene rings is 1. The van der Waals surface area contributed by atoms with E-state index in [4.69, 9.17) is 0 Å². The van der Waals surface area contributed by atoms with Gasteiger partial charge in [0.15, 0.2) is 0 Å². The van der Waals surface area contributed by atoms with Crippen molar-refractivity contribution in [2.75, 3.05) is 13.6 Å². The molecule has 0 bridgehead atoms. The van der Waals surface area contributed by atoms with E-state index in [1.165, 1.54) is 16.8 Å². The van der Waals surface area contributed by atoms with Gasteiger partial charge in [-0.05, 0) is 57.8 Å². The summed E-state index contributed by atoms with van der Waals surface area (Å²) in [4.78, 5) is 0. The molecule has 0 aliphatic heterocycles. The van der Waals surface area contributed by atoms with Gasteiger partial charge in [0.2, 0.25) is 0 Å². The Labute approximate surface area is 122 Å². The number of nitrogens with zero attached hydrogens (tertiary/aromatic N) is 2. The van der Waals surface area contributed by atoms with Crippen LogP contribution >= 0.6 is 0 Å². The summed E-state index contributed by atoms with van der Waals surface area (Å²) in [7, 11) is 4.06. The Kier molecular flexibility index (Phi) is 4.96. The summed E-state index contributed by atoms with van der Waals surface area (Å²) in [5.41, 5.74) is 5.17. The average Bonchev–Trinajstić information content (AvgIpc) is 2.68. The standard InChI is InChI=1S/C17H25N3/c1-13-6-5-7-15(8-13)10-16(12-18-3)11-17-9-14(2)19-20(17)4/h5-9,16,18H,10-12H2,1-4H3. The molecule has 3 heteroatoms. The van der Waals surface area contributed by atoms with Crippen LogP contribution in [0.4, 0.5) is 0 Å². The summed E-state index contributed by atoms with van der Waals surface area (Å²) >= 11 is 0. The normalized spacial score (nSPS) is 12.6. The number of aryl methyl sites for hydroxylation is 3. The van der Waals surface area contributed by atoms with Crippen LogP contribution < -0.4 is 5.32 Å². The van der Waals surface area contributed by atoms with Crippen molar-refractivity contribution in [2.24, 2.45) is 13.0 Å². The minimum absolute atomic E-state index is 0.594. The highest BCUT2D eigenvalue weighted by Gasteiger charge is 2.13. The van der Waals surface area contributed by atoms with Crippen molar-refractivity contribution < 1.29 is 0 Å². The van der Waals surface area contributed by atoms with Crippen LogP contribution in [0.2, 0.25) is 0 Å². The molecule has 0 radical (unpaired) electrons. The molecule has 1 unspecified atom stereocenters. The predicted octanol–water partition coefficient (Wildman–Crippen LogP) is 2.66. The fourth-order valence-electron chi connectivity index (χ4n) is 2.83. The molecule has 1 atom stereocenters.